The van der Waals surface area contributed by atoms with E-state index in [-0.39, 0.29) is 23.2 Å². The third-order valence-corrected chi connectivity index (χ3v) is 5.50. The molecule has 20 heavy (non-hydrogen) atoms. The van der Waals surface area contributed by atoms with Gasteiger partial charge in [-0.1, -0.05) is 12.5 Å². The smallest absolute Gasteiger partial charge is 0.308 e. The number of amides is 1. The Hall–Kier alpha value is -1.32. The van der Waals surface area contributed by atoms with Crippen LogP contribution in [0.1, 0.15) is 38.5 Å². The van der Waals surface area contributed by atoms with Crippen molar-refractivity contribution >= 4 is 11.9 Å². The van der Waals surface area contributed by atoms with Crippen molar-refractivity contribution in [2.24, 2.45) is 23.2 Å². The molecule has 3 rings (SSSR count). The first-order valence-electron chi connectivity index (χ1n) is 7.70. The Morgan fingerprint density at radius 2 is 2.00 bits per heavy atom. The summed E-state index contributed by atoms with van der Waals surface area (Å²) in [6.45, 7) is 4.83. The molecule has 0 bridgehead atoms. The van der Waals surface area contributed by atoms with Gasteiger partial charge in [-0.2, -0.15) is 0 Å². The highest BCUT2D eigenvalue weighted by Crippen LogP contribution is 2.49. The number of nitrogens with zero attached hydrogens (tertiary/aromatic N) is 1. The highest BCUT2D eigenvalue weighted by Gasteiger charge is 2.51. The molecular weight excluding hydrogens is 254 g/mol. The molecular formula is C16H23NO3. The fraction of sp³-hybridized carbons (Fsp3) is 0.750. The van der Waals surface area contributed by atoms with E-state index in [1.807, 2.05) is 11.0 Å². The number of rotatable bonds is 5. The van der Waals surface area contributed by atoms with Gasteiger partial charge in [-0.15, -0.1) is 6.58 Å². The zero-order valence-electron chi connectivity index (χ0n) is 11.9. The fourth-order valence-electron chi connectivity index (χ4n) is 3.98. The molecule has 0 spiro atoms. The van der Waals surface area contributed by atoms with Gasteiger partial charge in [-0.25, -0.2) is 0 Å². The minimum absolute atomic E-state index is 0.178. The molecule has 2 saturated carbocycles. The van der Waals surface area contributed by atoms with Crippen molar-refractivity contribution in [3.8, 4) is 0 Å². The van der Waals surface area contributed by atoms with E-state index in [9.17, 15) is 14.7 Å². The van der Waals surface area contributed by atoms with Crippen LogP contribution >= 0.6 is 0 Å². The van der Waals surface area contributed by atoms with E-state index >= 15 is 0 Å². The zero-order chi connectivity index (χ0) is 14.3. The molecule has 1 N–H and O–H groups in total. The summed E-state index contributed by atoms with van der Waals surface area (Å²) in [6, 6.07) is 0. The van der Waals surface area contributed by atoms with Crippen molar-refractivity contribution in [1.29, 1.82) is 0 Å². The average molecular weight is 277 g/mol. The van der Waals surface area contributed by atoms with E-state index in [4.69, 9.17) is 0 Å². The van der Waals surface area contributed by atoms with Crippen LogP contribution < -0.4 is 0 Å². The molecule has 0 aromatic rings. The number of likely N-dealkylation sites (tertiary alicyclic amines) is 1. The fourth-order valence-corrected chi connectivity index (χ4v) is 3.98. The maximum atomic E-state index is 12.8. The van der Waals surface area contributed by atoms with Gasteiger partial charge in [-0.05, 0) is 43.9 Å². The largest absolute Gasteiger partial charge is 0.481 e. The molecule has 4 nitrogen and oxygen atoms in total. The first-order valence-corrected chi connectivity index (χ1v) is 7.70. The highest BCUT2D eigenvalue weighted by atomic mass is 16.4. The molecule has 3 fully saturated rings. The molecule has 2 atom stereocenters. The van der Waals surface area contributed by atoms with Crippen molar-refractivity contribution < 1.29 is 14.7 Å². The number of carbonyl (C=O) groups excluding carboxylic acids is 1. The second-order valence-corrected chi connectivity index (χ2v) is 6.78. The predicted octanol–water partition coefficient (Wildman–Crippen LogP) is 2.30. The molecule has 2 aliphatic carbocycles. The van der Waals surface area contributed by atoms with Gasteiger partial charge in [0.25, 0.3) is 0 Å². The van der Waals surface area contributed by atoms with Crippen LogP contribution in [-0.4, -0.2) is 35.0 Å². The van der Waals surface area contributed by atoms with Crippen molar-refractivity contribution in [3.05, 3.63) is 12.7 Å². The number of carboxylic acid groups (broad SMARTS) is 1. The van der Waals surface area contributed by atoms with Crippen molar-refractivity contribution in [3.63, 3.8) is 0 Å². The number of allylic oxidation sites excluding steroid dienone is 1. The van der Waals surface area contributed by atoms with Crippen LogP contribution in [0.5, 0.6) is 0 Å². The van der Waals surface area contributed by atoms with Crippen LogP contribution in [0.2, 0.25) is 0 Å². The molecule has 1 heterocycles. The van der Waals surface area contributed by atoms with E-state index in [0.29, 0.717) is 19.0 Å². The summed E-state index contributed by atoms with van der Waals surface area (Å²) >= 11 is 0. The van der Waals surface area contributed by atoms with Crippen molar-refractivity contribution in [1.82, 2.24) is 4.90 Å². The lowest BCUT2D eigenvalue weighted by Gasteiger charge is -2.42. The number of hydrogen-bond acceptors (Lipinski definition) is 2. The van der Waals surface area contributed by atoms with E-state index in [2.05, 4.69) is 6.58 Å². The van der Waals surface area contributed by atoms with Gasteiger partial charge in [0.15, 0.2) is 0 Å². The molecule has 110 valence electrons. The van der Waals surface area contributed by atoms with E-state index < -0.39 is 5.97 Å². The molecule has 0 radical (unpaired) electrons. The molecule has 0 aromatic carbocycles. The van der Waals surface area contributed by atoms with E-state index in [1.165, 1.54) is 0 Å². The van der Waals surface area contributed by atoms with E-state index in [1.54, 1.807) is 0 Å². The quantitative estimate of drug-likeness (QED) is 0.784. The normalized spacial score (nSPS) is 31.7. The molecule has 1 amide bonds. The average Bonchev–Trinajstić information content (AvgIpc) is 3.11. The van der Waals surface area contributed by atoms with Crippen LogP contribution in [0.3, 0.4) is 0 Å². The Bertz CT molecular complexity index is 437. The van der Waals surface area contributed by atoms with Gasteiger partial charge >= 0.3 is 5.97 Å². The maximum absolute atomic E-state index is 12.8. The van der Waals surface area contributed by atoms with Gasteiger partial charge in [0.05, 0.1) is 11.3 Å². The summed E-state index contributed by atoms with van der Waals surface area (Å²) in [5.74, 6) is -0.197. The van der Waals surface area contributed by atoms with Crippen LogP contribution in [-0.2, 0) is 9.59 Å². The zero-order valence-corrected chi connectivity index (χ0v) is 11.9. The van der Waals surface area contributed by atoms with Crippen LogP contribution in [0.15, 0.2) is 12.7 Å². The minimum Gasteiger partial charge on any atom is -0.481 e. The molecule has 1 aliphatic heterocycles. The predicted molar refractivity (Wildman–Crippen MR) is 75.0 cm³/mol. The molecule has 3 aliphatic rings. The molecule has 0 aromatic heterocycles. The molecule has 4 heteroatoms. The Morgan fingerprint density at radius 3 is 2.45 bits per heavy atom. The number of hydrogen-bond donors (Lipinski definition) is 1. The second-order valence-electron chi connectivity index (χ2n) is 6.78. The SMILES string of the molecule is C=CCC1(C(=O)N2C[C@H](C(=O)O)[C@@H](C3CC3)C2)CCC1. The number of carboxylic acids is 1. The number of aliphatic carboxylic acids is 1. The lowest BCUT2D eigenvalue weighted by molar-refractivity contribution is -0.147. The standard InChI is InChI=1S/C16H23NO3/c1-2-6-16(7-3-8-16)15(20)17-9-12(11-4-5-11)13(10-17)14(18)19/h2,11-13H,1,3-10H2,(H,18,19)/t12-,13+/m1/s1. The summed E-state index contributed by atoms with van der Waals surface area (Å²) < 4.78 is 0. The minimum atomic E-state index is -0.733. The maximum Gasteiger partial charge on any atom is 0.308 e. The topological polar surface area (TPSA) is 57.6 Å². The lowest BCUT2D eigenvalue weighted by Crippen LogP contribution is -2.47. The lowest BCUT2D eigenvalue weighted by atomic mass is 9.65. The van der Waals surface area contributed by atoms with E-state index in [0.717, 1.165) is 38.5 Å². The molecule has 0 unspecified atom stereocenters. The Morgan fingerprint density at radius 1 is 1.30 bits per heavy atom. The highest BCUT2D eigenvalue weighted by molar-refractivity contribution is 5.85. The summed E-state index contributed by atoms with van der Waals surface area (Å²) in [6.07, 6.45) is 7.79. The first kappa shape index (κ1) is 13.7. The summed E-state index contributed by atoms with van der Waals surface area (Å²) in [5, 5.41) is 9.38. The third kappa shape index (κ3) is 2.15. The monoisotopic (exact) mass is 277 g/mol. The Kier molecular flexibility index (Phi) is 3.35. The van der Waals surface area contributed by atoms with Gasteiger partial charge in [0.2, 0.25) is 5.91 Å². The van der Waals surface area contributed by atoms with Gasteiger partial charge in [-0.3, -0.25) is 9.59 Å². The van der Waals surface area contributed by atoms with Crippen molar-refractivity contribution in [2.75, 3.05) is 13.1 Å². The summed E-state index contributed by atoms with van der Waals surface area (Å²) in [7, 11) is 0. The summed E-state index contributed by atoms with van der Waals surface area (Å²) in [5.41, 5.74) is -0.261. The Labute approximate surface area is 119 Å². The Balaban J connectivity index is 1.72. The van der Waals surface area contributed by atoms with Gasteiger partial charge < -0.3 is 10.0 Å². The molecule has 1 saturated heterocycles. The van der Waals surface area contributed by atoms with Gasteiger partial charge in [0.1, 0.15) is 0 Å². The third-order valence-electron chi connectivity index (χ3n) is 5.50. The van der Waals surface area contributed by atoms with Crippen LogP contribution in [0.4, 0.5) is 0 Å². The van der Waals surface area contributed by atoms with Gasteiger partial charge in [0, 0.05) is 13.1 Å². The van der Waals surface area contributed by atoms with Crippen LogP contribution in [0, 0.1) is 23.2 Å². The second kappa shape index (κ2) is 4.90. The van der Waals surface area contributed by atoms with Crippen LogP contribution in [0.25, 0.3) is 0 Å². The summed E-state index contributed by atoms with van der Waals surface area (Å²) in [4.78, 5) is 26.0. The number of carbonyl (C=O) groups is 2. The van der Waals surface area contributed by atoms with Crippen molar-refractivity contribution in [2.45, 2.75) is 38.5 Å². The first-order chi connectivity index (χ1) is 9.57.